The Balaban J connectivity index is 1.72. The van der Waals surface area contributed by atoms with Crippen molar-refractivity contribution < 1.29 is 22.7 Å². The van der Waals surface area contributed by atoms with Crippen molar-refractivity contribution in [1.29, 1.82) is 0 Å². The second-order valence-electron chi connectivity index (χ2n) is 6.27. The lowest BCUT2D eigenvalue weighted by molar-refractivity contribution is -0.118. The summed E-state index contributed by atoms with van der Waals surface area (Å²) in [5.41, 5.74) is 1.16. The molecular weight excluding hydrogens is 370 g/mol. The van der Waals surface area contributed by atoms with Crippen LogP contribution in [0, 0.1) is 6.92 Å². The Labute approximate surface area is 156 Å². The molecule has 142 valence electrons. The molecule has 0 bridgehead atoms. The van der Waals surface area contributed by atoms with Crippen molar-refractivity contribution in [1.82, 2.24) is 4.98 Å². The molecule has 2 amide bonds. The van der Waals surface area contributed by atoms with Crippen LogP contribution in [0.2, 0.25) is 0 Å². The van der Waals surface area contributed by atoms with Gasteiger partial charge in [0, 0.05) is 18.2 Å². The molecule has 1 aliphatic heterocycles. The Morgan fingerprint density at radius 3 is 2.85 bits per heavy atom. The molecule has 2 heterocycles. The van der Waals surface area contributed by atoms with Crippen molar-refractivity contribution in [2.24, 2.45) is 0 Å². The number of nitrogens with one attached hydrogen (secondary N) is 2. The van der Waals surface area contributed by atoms with Gasteiger partial charge in [0.15, 0.2) is 16.4 Å². The monoisotopic (exact) mass is 389 g/mol. The second-order valence-corrected chi connectivity index (χ2v) is 8.63. The zero-order chi connectivity index (χ0) is 19.6. The van der Waals surface area contributed by atoms with Crippen LogP contribution in [0.15, 0.2) is 41.3 Å². The van der Waals surface area contributed by atoms with Crippen LogP contribution in [0.1, 0.15) is 19.0 Å². The number of aromatic nitrogens is 1. The summed E-state index contributed by atoms with van der Waals surface area (Å²) in [6, 6.07) is 9.41. The molecular formula is C18H19N3O5S. The van der Waals surface area contributed by atoms with Crippen LogP contribution in [0.4, 0.5) is 11.5 Å². The van der Waals surface area contributed by atoms with Gasteiger partial charge in [0.05, 0.1) is 15.8 Å². The van der Waals surface area contributed by atoms with E-state index in [1.54, 1.807) is 25.1 Å². The first-order valence-corrected chi connectivity index (χ1v) is 9.84. The number of hydrogen-bond donors (Lipinski definition) is 2. The van der Waals surface area contributed by atoms with Gasteiger partial charge in [-0.1, -0.05) is 6.07 Å². The van der Waals surface area contributed by atoms with Crippen LogP contribution in [0.5, 0.6) is 5.75 Å². The lowest BCUT2D eigenvalue weighted by Gasteiger charge is -2.19. The minimum absolute atomic E-state index is 0.0337. The van der Waals surface area contributed by atoms with Gasteiger partial charge in [-0.2, -0.15) is 0 Å². The Kier molecular flexibility index (Phi) is 5.13. The van der Waals surface area contributed by atoms with E-state index in [4.69, 9.17) is 4.74 Å². The molecule has 0 fully saturated rings. The topological polar surface area (TPSA) is 114 Å². The van der Waals surface area contributed by atoms with Crippen LogP contribution in [-0.4, -0.2) is 37.1 Å². The molecule has 0 saturated carbocycles. The number of pyridine rings is 1. The first kappa shape index (κ1) is 18.8. The molecule has 1 atom stereocenters. The van der Waals surface area contributed by atoms with E-state index < -0.39 is 21.0 Å². The summed E-state index contributed by atoms with van der Waals surface area (Å²) in [5, 5.41) is 4.26. The SMILES string of the molecule is Cc1cccc(NC(=O)CC(C)S(=O)(=O)c2ccc3c(c2)OCC(=O)N3)n1. The summed E-state index contributed by atoms with van der Waals surface area (Å²) in [4.78, 5) is 27.7. The zero-order valence-corrected chi connectivity index (χ0v) is 15.7. The molecule has 0 saturated heterocycles. The third-order valence-electron chi connectivity index (χ3n) is 4.07. The minimum atomic E-state index is -3.76. The molecule has 8 nitrogen and oxygen atoms in total. The standard InChI is InChI=1S/C18H19N3O5S/c1-11-4-3-5-16(19-11)21-17(22)8-12(2)27(24,25)13-6-7-14-15(9-13)26-10-18(23)20-14/h3-7,9,12H,8,10H2,1-2H3,(H,20,23)(H,19,21,22). The van der Waals surface area contributed by atoms with E-state index in [0.717, 1.165) is 5.69 Å². The average Bonchev–Trinajstić information content (AvgIpc) is 2.61. The zero-order valence-electron chi connectivity index (χ0n) is 14.9. The Morgan fingerprint density at radius 1 is 1.33 bits per heavy atom. The molecule has 2 aromatic rings. The summed E-state index contributed by atoms with van der Waals surface area (Å²) in [6.45, 7) is 3.10. The van der Waals surface area contributed by atoms with Crippen LogP contribution < -0.4 is 15.4 Å². The molecule has 0 radical (unpaired) electrons. The van der Waals surface area contributed by atoms with E-state index in [1.165, 1.54) is 25.1 Å². The third-order valence-corrected chi connectivity index (χ3v) is 6.21. The summed E-state index contributed by atoms with van der Waals surface area (Å²) >= 11 is 0. The lowest BCUT2D eigenvalue weighted by atomic mass is 10.2. The number of aryl methyl sites for hydroxylation is 1. The van der Waals surface area contributed by atoms with Crippen molar-refractivity contribution in [2.45, 2.75) is 30.4 Å². The highest BCUT2D eigenvalue weighted by molar-refractivity contribution is 7.92. The molecule has 1 aliphatic rings. The van der Waals surface area contributed by atoms with Crippen LogP contribution >= 0.6 is 0 Å². The number of sulfone groups is 1. The highest BCUT2D eigenvalue weighted by atomic mass is 32.2. The van der Waals surface area contributed by atoms with Gasteiger partial charge < -0.3 is 15.4 Å². The Morgan fingerprint density at radius 2 is 2.11 bits per heavy atom. The minimum Gasteiger partial charge on any atom is -0.482 e. The van der Waals surface area contributed by atoms with Crippen molar-refractivity contribution in [3.8, 4) is 5.75 Å². The predicted octanol–water partition coefficient (Wildman–Crippen LogP) is 1.91. The number of rotatable bonds is 5. The van der Waals surface area contributed by atoms with Gasteiger partial charge in [-0.15, -0.1) is 0 Å². The Hall–Kier alpha value is -2.94. The maximum Gasteiger partial charge on any atom is 0.262 e. The summed E-state index contributed by atoms with van der Waals surface area (Å²) in [7, 11) is -3.76. The number of benzene rings is 1. The third kappa shape index (κ3) is 4.25. The van der Waals surface area contributed by atoms with Gasteiger partial charge >= 0.3 is 0 Å². The number of fused-ring (bicyclic) bond motifs is 1. The fourth-order valence-corrected chi connectivity index (χ4v) is 4.01. The van der Waals surface area contributed by atoms with Crippen molar-refractivity contribution >= 4 is 33.2 Å². The molecule has 9 heteroatoms. The maximum absolute atomic E-state index is 12.8. The van der Waals surface area contributed by atoms with Gasteiger partial charge in [0.25, 0.3) is 5.91 Å². The molecule has 0 spiro atoms. The number of hydrogen-bond acceptors (Lipinski definition) is 6. The molecule has 1 aromatic heterocycles. The van der Waals surface area contributed by atoms with Crippen molar-refractivity contribution in [3.05, 3.63) is 42.1 Å². The van der Waals surface area contributed by atoms with Crippen molar-refractivity contribution in [3.63, 3.8) is 0 Å². The van der Waals surface area contributed by atoms with E-state index in [2.05, 4.69) is 15.6 Å². The summed E-state index contributed by atoms with van der Waals surface area (Å²) in [6.07, 6.45) is -0.216. The smallest absolute Gasteiger partial charge is 0.262 e. The van der Waals surface area contributed by atoms with E-state index in [0.29, 0.717) is 11.5 Å². The molecule has 0 aliphatic carbocycles. The highest BCUT2D eigenvalue weighted by Crippen LogP contribution is 2.31. The van der Waals surface area contributed by atoms with Gasteiger partial charge in [0.2, 0.25) is 5.91 Å². The lowest BCUT2D eigenvalue weighted by Crippen LogP contribution is -2.27. The van der Waals surface area contributed by atoms with Crippen LogP contribution in [-0.2, 0) is 19.4 Å². The van der Waals surface area contributed by atoms with Gasteiger partial charge in [0.1, 0.15) is 11.6 Å². The number of amides is 2. The van der Waals surface area contributed by atoms with Gasteiger partial charge in [-0.3, -0.25) is 9.59 Å². The number of carbonyl (C=O) groups is 2. The van der Waals surface area contributed by atoms with Gasteiger partial charge in [-0.05, 0) is 38.1 Å². The highest BCUT2D eigenvalue weighted by Gasteiger charge is 2.28. The fourth-order valence-electron chi connectivity index (χ4n) is 2.64. The number of carbonyl (C=O) groups excluding carboxylic acids is 2. The van der Waals surface area contributed by atoms with E-state index in [1.807, 2.05) is 0 Å². The number of anilines is 2. The van der Waals surface area contributed by atoms with E-state index in [9.17, 15) is 18.0 Å². The van der Waals surface area contributed by atoms with Crippen molar-refractivity contribution in [2.75, 3.05) is 17.2 Å². The first-order valence-electron chi connectivity index (χ1n) is 8.30. The van der Waals surface area contributed by atoms with Crippen LogP contribution in [0.3, 0.4) is 0 Å². The number of ether oxygens (including phenoxy) is 1. The maximum atomic E-state index is 12.8. The van der Waals surface area contributed by atoms with Gasteiger partial charge in [-0.25, -0.2) is 13.4 Å². The average molecular weight is 389 g/mol. The summed E-state index contributed by atoms with van der Waals surface area (Å²) in [5.74, 6) is -0.0719. The predicted molar refractivity (Wildman–Crippen MR) is 99.4 cm³/mol. The fraction of sp³-hybridized carbons (Fsp3) is 0.278. The Bertz CT molecular complexity index is 1000. The molecule has 1 unspecified atom stereocenters. The van der Waals surface area contributed by atoms with Crippen LogP contribution in [0.25, 0.3) is 0 Å². The molecule has 1 aromatic carbocycles. The second kappa shape index (κ2) is 7.36. The number of nitrogens with zero attached hydrogens (tertiary/aromatic N) is 1. The largest absolute Gasteiger partial charge is 0.482 e. The van der Waals surface area contributed by atoms with E-state index in [-0.39, 0.29) is 29.6 Å². The quantitative estimate of drug-likeness (QED) is 0.807. The molecule has 2 N–H and O–H groups in total. The first-order chi connectivity index (χ1) is 12.8. The molecule has 27 heavy (non-hydrogen) atoms. The molecule has 3 rings (SSSR count). The van der Waals surface area contributed by atoms with E-state index >= 15 is 0 Å². The summed E-state index contributed by atoms with van der Waals surface area (Å²) < 4.78 is 30.8. The normalized spacial score (nSPS) is 14.5.